The first-order valence-corrected chi connectivity index (χ1v) is 9.76. The van der Waals surface area contributed by atoms with E-state index in [0.717, 1.165) is 40.8 Å². The fourth-order valence-corrected chi connectivity index (χ4v) is 3.88. The van der Waals surface area contributed by atoms with Crippen molar-refractivity contribution in [1.82, 2.24) is 20.3 Å². The number of aromatic nitrogens is 3. The molecule has 1 amide bonds. The molecule has 1 atom stereocenters. The highest BCUT2D eigenvalue weighted by Gasteiger charge is 2.34. The zero-order valence-electron chi connectivity index (χ0n) is 16.7. The maximum atomic E-state index is 12.8. The highest BCUT2D eigenvalue weighted by molar-refractivity contribution is 6.03. The third-order valence-electron chi connectivity index (χ3n) is 5.35. The van der Waals surface area contributed by atoms with Crippen LogP contribution in [0.25, 0.3) is 22.4 Å². The van der Waals surface area contributed by atoms with E-state index in [1.54, 1.807) is 12.4 Å². The molecule has 0 radical (unpaired) electrons. The molecule has 0 aliphatic carbocycles. The number of benzene rings is 1. The Balaban J connectivity index is 1.86. The van der Waals surface area contributed by atoms with E-state index >= 15 is 0 Å². The van der Waals surface area contributed by atoms with Gasteiger partial charge in [-0.3, -0.25) is 9.78 Å². The molecule has 2 aromatic heterocycles. The van der Waals surface area contributed by atoms with Gasteiger partial charge < -0.3 is 26.0 Å². The molecule has 1 aliphatic rings. The van der Waals surface area contributed by atoms with E-state index < -0.39 is 0 Å². The minimum absolute atomic E-state index is 0.123. The highest BCUT2D eigenvalue weighted by Crippen LogP contribution is 2.36. The molecule has 1 fully saturated rings. The van der Waals surface area contributed by atoms with Crippen molar-refractivity contribution in [2.24, 2.45) is 5.73 Å². The lowest BCUT2D eigenvalue weighted by atomic mass is 10.0. The average molecular weight is 394 g/mol. The Hall–Kier alpha value is -2.97. The molecule has 0 bridgehead atoms. The van der Waals surface area contributed by atoms with Gasteiger partial charge in [-0.2, -0.15) is 0 Å². The topological polar surface area (TPSA) is 120 Å². The van der Waals surface area contributed by atoms with E-state index in [2.05, 4.69) is 20.2 Å². The number of aliphatic hydroxyl groups excluding tert-OH is 1. The zero-order chi connectivity index (χ0) is 20.6. The molecule has 1 aliphatic heterocycles. The third kappa shape index (κ3) is 3.68. The number of nitrogens with zero attached hydrogens (tertiary/aromatic N) is 3. The molecule has 8 heteroatoms. The maximum Gasteiger partial charge on any atom is 0.255 e. The van der Waals surface area contributed by atoms with Crippen LogP contribution in [0.4, 0.5) is 5.69 Å². The minimum atomic E-state index is -0.330. The van der Waals surface area contributed by atoms with E-state index in [1.807, 2.05) is 32.0 Å². The van der Waals surface area contributed by atoms with Gasteiger partial charge in [-0.05, 0) is 31.9 Å². The molecule has 152 valence electrons. The van der Waals surface area contributed by atoms with Gasteiger partial charge in [-0.25, -0.2) is 4.98 Å². The molecule has 0 saturated carbocycles. The summed E-state index contributed by atoms with van der Waals surface area (Å²) in [4.78, 5) is 27.4. The van der Waals surface area contributed by atoms with Gasteiger partial charge in [0.05, 0.1) is 34.5 Å². The van der Waals surface area contributed by atoms with Crippen LogP contribution in [-0.2, 0) is 0 Å². The summed E-state index contributed by atoms with van der Waals surface area (Å²) in [6.45, 7) is 5.46. The lowest BCUT2D eigenvalue weighted by Crippen LogP contribution is -2.39. The number of aryl methyl sites for hydroxylation is 1. The van der Waals surface area contributed by atoms with Gasteiger partial charge >= 0.3 is 0 Å². The first kappa shape index (κ1) is 19.4. The zero-order valence-corrected chi connectivity index (χ0v) is 16.7. The Morgan fingerprint density at radius 1 is 1.41 bits per heavy atom. The lowest BCUT2D eigenvalue weighted by molar-refractivity contribution is 0.0945. The normalized spacial score (nSPS) is 19.1. The first-order chi connectivity index (χ1) is 13.9. The summed E-state index contributed by atoms with van der Waals surface area (Å²) in [5.74, 6) is 0.389. The lowest BCUT2D eigenvalue weighted by Gasteiger charge is -2.25. The van der Waals surface area contributed by atoms with E-state index in [4.69, 9.17) is 15.8 Å². The molecule has 29 heavy (non-hydrogen) atoms. The van der Waals surface area contributed by atoms with Gasteiger partial charge in [0.25, 0.3) is 5.91 Å². The third-order valence-corrected chi connectivity index (χ3v) is 5.35. The van der Waals surface area contributed by atoms with Crippen LogP contribution < -0.4 is 16.0 Å². The van der Waals surface area contributed by atoms with Crippen molar-refractivity contribution in [3.8, 4) is 11.4 Å². The van der Waals surface area contributed by atoms with Gasteiger partial charge in [-0.15, -0.1) is 0 Å². The Morgan fingerprint density at radius 2 is 2.24 bits per heavy atom. The number of imidazole rings is 1. The predicted molar refractivity (Wildman–Crippen MR) is 113 cm³/mol. The summed E-state index contributed by atoms with van der Waals surface area (Å²) in [5, 5.41) is 11.8. The Kier molecular flexibility index (Phi) is 4.97. The number of para-hydroxylation sites is 1. The van der Waals surface area contributed by atoms with Crippen LogP contribution >= 0.6 is 0 Å². The number of hydrogen-bond acceptors (Lipinski definition) is 6. The molecule has 1 aromatic carbocycles. The molecule has 3 heterocycles. The van der Waals surface area contributed by atoms with Crippen molar-refractivity contribution in [2.75, 3.05) is 31.1 Å². The van der Waals surface area contributed by atoms with Crippen LogP contribution in [0.15, 0.2) is 30.6 Å². The molecule has 5 N–H and O–H groups in total. The molecule has 8 nitrogen and oxygen atoms in total. The van der Waals surface area contributed by atoms with Gasteiger partial charge in [0, 0.05) is 37.6 Å². The van der Waals surface area contributed by atoms with E-state index in [1.165, 1.54) is 0 Å². The van der Waals surface area contributed by atoms with Crippen molar-refractivity contribution in [3.05, 3.63) is 41.7 Å². The average Bonchev–Trinajstić information content (AvgIpc) is 3.29. The fourth-order valence-electron chi connectivity index (χ4n) is 3.88. The van der Waals surface area contributed by atoms with Crippen LogP contribution in [0.3, 0.4) is 0 Å². The molecule has 3 aromatic rings. The van der Waals surface area contributed by atoms with Crippen LogP contribution in [0.2, 0.25) is 0 Å². The van der Waals surface area contributed by atoms with Crippen LogP contribution in [0.1, 0.15) is 29.3 Å². The number of rotatable bonds is 5. The Bertz CT molecular complexity index is 1060. The molecule has 0 spiro atoms. The number of amides is 1. The number of aromatic amines is 1. The number of hydrogen-bond donors (Lipinski definition) is 4. The SMILES string of the molecule is Cc1cccc2[nH]c(-c3cncc(C(=O)NCCO)c3N3CC[C@](C)(N)C3)nc12. The van der Waals surface area contributed by atoms with Crippen molar-refractivity contribution >= 4 is 22.6 Å². The van der Waals surface area contributed by atoms with Gasteiger partial charge in [0.2, 0.25) is 0 Å². The van der Waals surface area contributed by atoms with E-state index in [-0.39, 0.29) is 24.6 Å². The minimum Gasteiger partial charge on any atom is -0.395 e. The highest BCUT2D eigenvalue weighted by atomic mass is 16.3. The fraction of sp³-hybridized carbons (Fsp3) is 0.381. The number of carbonyl (C=O) groups excluding carboxylic acids is 1. The number of fused-ring (bicyclic) bond motifs is 1. The summed E-state index contributed by atoms with van der Waals surface area (Å²) in [5.41, 5.74) is 10.9. The summed E-state index contributed by atoms with van der Waals surface area (Å²) >= 11 is 0. The molecule has 1 saturated heterocycles. The van der Waals surface area contributed by atoms with Crippen molar-refractivity contribution in [1.29, 1.82) is 0 Å². The van der Waals surface area contributed by atoms with Crippen molar-refractivity contribution in [2.45, 2.75) is 25.8 Å². The van der Waals surface area contributed by atoms with Gasteiger partial charge in [-0.1, -0.05) is 12.1 Å². The molecule has 4 rings (SSSR count). The van der Waals surface area contributed by atoms with Crippen LogP contribution in [-0.4, -0.2) is 57.7 Å². The first-order valence-electron chi connectivity index (χ1n) is 9.76. The monoisotopic (exact) mass is 394 g/mol. The maximum absolute atomic E-state index is 12.8. The van der Waals surface area contributed by atoms with E-state index in [9.17, 15) is 4.79 Å². The number of nitrogens with one attached hydrogen (secondary N) is 2. The van der Waals surface area contributed by atoms with Crippen LogP contribution in [0, 0.1) is 6.92 Å². The van der Waals surface area contributed by atoms with Crippen molar-refractivity contribution < 1.29 is 9.90 Å². The number of carbonyl (C=O) groups is 1. The number of H-pyrrole nitrogens is 1. The smallest absolute Gasteiger partial charge is 0.255 e. The molecule has 0 unspecified atom stereocenters. The number of aliphatic hydroxyl groups is 1. The Morgan fingerprint density at radius 3 is 2.93 bits per heavy atom. The quantitative estimate of drug-likeness (QED) is 0.522. The molecular formula is C21H26N6O2. The van der Waals surface area contributed by atoms with Gasteiger partial charge in [0.1, 0.15) is 5.82 Å². The number of anilines is 1. The second-order valence-corrected chi connectivity index (χ2v) is 7.94. The summed E-state index contributed by atoms with van der Waals surface area (Å²) in [7, 11) is 0. The van der Waals surface area contributed by atoms with Crippen LogP contribution in [0.5, 0.6) is 0 Å². The summed E-state index contributed by atoms with van der Waals surface area (Å²) < 4.78 is 0. The second-order valence-electron chi connectivity index (χ2n) is 7.94. The summed E-state index contributed by atoms with van der Waals surface area (Å²) in [6.07, 6.45) is 4.12. The standard InChI is InChI=1S/C21H26N6O2/c1-13-4-3-5-16-17(13)26-19(25-16)14-10-23-11-15(20(29)24-7-9-28)18(14)27-8-6-21(2,22)12-27/h3-5,10-11,28H,6-9,12,22H2,1-2H3,(H,24,29)(H,25,26)/t21-/m0/s1. The summed E-state index contributed by atoms with van der Waals surface area (Å²) in [6, 6.07) is 5.99. The van der Waals surface area contributed by atoms with Crippen molar-refractivity contribution in [3.63, 3.8) is 0 Å². The predicted octanol–water partition coefficient (Wildman–Crippen LogP) is 1.58. The number of nitrogens with two attached hydrogens (primary N) is 1. The number of pyridine rings is 1. The largest absolute Gasteiger partial charge is 0.395 e. The molecular weight excluding hydrogens is 368 g/mol. The second kappa shape index (κ2) is 7.46. The van der Waals surface area contributed by atoms with Gasteiger partial charge in [0.15, 0.2) is 0 Å². The Labute approximate surface area is 169 Å². The van der Waals surface area contributed by atoms with E-state index in [0.29, 0.717) is 17.9 Å².